The monoisotopic (exact) mass is 453 g/mol. The molecule has 1 aliphatic heterocycles. The van der Waals surface area contributed by atoms with Crippen LogP contribution in [0, 0.1) is 3.70 Å². The molecule has 0 saturated carbocycles. The van der Waals surface area contributed by atoms with E-state index in [2.05, 4.69) is 37.5 Å². The van der Waals surface area contributed by atoms with Gasteiger partial charge in [-0.2, -0.15) is 4.98 Å². The number of ether oxygens (including phenoxy) is 3. The molecule has 8 nitrogen and oxygen atoms in total. The molecular formula is C16H16IN5O3. The summed E-state index contributed by atoms with van der Waals surface area (Å²) in [5.74, 6) is 0.209. The van der Waals surface area contributed by atoms with E-state index < -0.39 is 6.29 Å². The van der Waals surface area contributed by atoms with Gasteiger partial charge in [0.1, 0.15) is 9.22 Å². The topological polar surface area (TPSA) is 97.3 Å². The van der Waals surface area contributed by atoms with Crippen molar-refractivity contribution in [3.05, 3.63) is 45.9 Å². The molecule has 0 amide bonds. The van der Waals surface area contributed by atoms with E-state index in [1.54, 1.807) is 6.33 Å². The molecule has 130 valence electrons. The Morgan fingerprint density at radius 3 is 2.96 bits per heavy atom. The minimum absolute atomic E-state index is 0.209. The van der Waals surface area contributed by atoms with Gasteiger partial charge in [0.25, 0.3) is 0 Å². The third kappa shape index (κ3) is 3.59. The molecule has 0 radical (unpaired) electrons. The van der Waals surface area contributed by atoms with E-state index in [1.807, 2.05) is 34.9 Å². The van der Waals surface area contributed by atoms with Crippen LogP contribution in [0.5, 0.6) is 0 Å². The molecule has 0 aliphatic carbocycles. The second kappa shape index (κ2) is 7.20. The molecule has 3 aromatic rings. The van der Waals surface area contributed by atoms with Gasteiger partial charge in [-0.05, 0) is 28.2 Å². The molecule has 0 unspecified atom stereocenters. The molecule has 2 N–H and O–H groups in total. The van der Waals surface area contributed by atoms with E-state index in [-0.39, 0.29) is 12.2 Å². The predicted molar refractivity (Wildman–Crippen MR) is 98.4 cm³/mol. The molecule has 0 spiro atoms. The summed E-state index contributed by atoms with van der Waals surface area (Å²) < 4.78 is 19.8. The lowest BCUT2D eigenvalue weighted by Gasteiger charge is -2.13. The maximum absolute atomic E-state index is 5.90. The molecule has 9 heteroatoms. The van der Waals surface area contributed by atoms with E-state index >= 15 is 0 Å². The molecule has 1 saturated heterocycles. The normalized spacial score (nSPS) is 20.4. The summed E-state index contributed by atoms with van der Waals surface area (Å²) >= 11 is 2.09. The summed E-state index contributed by atoms with van der Waals surface area (Å²) in [5.41, 5.74) is 8.18. The molecule has 2 atom stereocenters. The van der Waals surface area contributed by atoms with Gasteiger partial charge in [-0.1, -0.05) is 30.3 Å². The highest BCUT2D eigenvalue weighted by atomic mass is 127. The molecule has 2 aromatic heterocycles. The molecule has 3 heterocycles. The number of nitrogens with zero attached hydrogens (tertiary/aromatic N) is 4. The van der Waals surface area contributed by atoms with E-state index in [9.17, 15) is 0 Å². The van der Waals surface area contributed by atoms with Gasteiger partial charge in [-0.25, -0.2) is 9.97 Å². The fraction of sp³-hybridized carbons (Fsp3) is 0.312. The molecule has 1 aromatic carbocycles. The molecule has 1 fully saturated rings. The maximum atomic E-state index is 5.90. The molecule has 25 heavy (non-hydrogen) atoms. The average Bonchev–Trinajstić information content (AvgIpc) is 3.22. The van der Waals surface area contributed by atoms with Crippen molar-refractivity contribution in [2.75, 3.05) is 18.9 Å². The second-order valence-corrected chi connectivity index (χ2v) is 6.57. The van der Waals surface area contributed by atoms with Crippen LogP contribution >= 0.6 is 22.6 Å². The van der Waals surface area contributed by atoms with Crippen molar-refractivity contribution in [3.63, 3.8) is 0 Å². The zero-order valence-electron chi connectivity index (χ0n) is 13.2. The maximum Gasteiger partial charge on any atom is 0.223 e. The van der Waals surface area contributed by atoms with Crippen LogP contribution in [0.2, 0.25) is 0 Å². The largest absolute Gasteiger partial charge is 0.371 e. The van der Waals surface area contributed by atoms with Crippen molar-refractivity contribution in [2.45, 2.75) is 19.1 Å². The Morgan fingerprint density at radius 2 is 2.12 bits per heavy atom. The Kier molecular flexibility index (Phi) is 4.79. The van der Waals surface area contributed by atoms with Gasteiger partial charge in [0.05, 0.1) is 26.1 Å². The van der Waals surface area contributed by atoms with Crippen molar-refractivity contribution < 1.29 is 14.2 Å². The third-order valence-corrected chi connectivity index (χ3v) is 4.56. The van der Waals surface area contributed by atoms with Gasteiger partial charge in [0, 0.05) is 0 Å². The zero-order chi connectivity index (χ0) is 17.2. The highest BCUT2D eigenvalue weighted by Gasteiger charge is 2.29. The first-order valence-corrected chi connectivity index (χ1v) is 8.83. The van der Waals surface area contributed by atoms with Crippen LogP contribution in [-0.2, 0) is 20.8 Å². The first kappa shape index (κ1) is 16.6. The molecule has 1 aliphatic rings. The van der Waals surface area contributed by atoms with E-state index in [4.69, 9.17) is 19.9 Å². The summed E-state index contributed by atoms with van der Waals surface area (Å²) in [6.07, 6.45) is 0.923. The quantitative estimate of drug-likeness (QED) is 0.467. The van der Waals surface area contributed by atoms with Crippen LogP contribution in [0.4, 0.5) is 5.95 Å². The van der Waals surface area contributed by atoms with Crippen LogP contribution in [0.25, 0.3) is 11.2 Å². The summed E-state index contributed by atoms with van der Waals surface area (Å²) in [5, 5.41) is 0. The fourth-order valence-corrected chi connectivity index (χ4v) is 3.26. The lowest BCUT2D eigenvalue weighted by atomic mass is 10.2. The second-order valence-electron chi connectivity index (χ2n) is 5.55. The number of nitrogen functional groups attached to an aromatic ring is 1. The number of aromatic nitrogens is 4. The van der Waals surface area contributed by atoms with Gasteiger partial charge in [0.15, 0.2) is 18.2 Å². The standard InChI is InChI=1S/C16H16IN5O3/c17-14-13-15(21-16(18)20-14)22(9-19-13)11-7-24-12(25-11)8-23-6-10-4-2-1-3-5-10/h1-5,9,11-12H,6-8H2,(H2,18,20,21)/t11-,12-/m1/s1. The third-order valence-electron chi connectivity index (χ3n) is 3.81. The number of rotatable bonds is 5. The minimum Gasteiger partial charge on any atom is -0.371 e. The van der Waals surface area contributed by atoms with Crippen molar-refractivity contribution in [3.8, 4) is 0 Å². The predicted octanol–water partition coefficient (Wildman–Crippen LogP) is 2.10. The van der Waals surface area contributed by atoms with E-state index in [0.717, 1.165) is 5.56 Å². The van der Waals surface area contributed by atoms with Crippen LogP contribution in [0.3, 0.4) is 0 Å². The Morgan fingerprint density at radius 1 is 1.28 bits per heavy atom. The Labute approximate surface area is 157 Å². The highest BCUT2D eigenvalue weighted by molar-refractivity contribution is 14.1. The number of anilines is 1. The lowest BCUT2D eigenvalue weighted by Crippen LogP contribution is -2.17. The fourth-order valence-electron chi connectivity index (χ4n) is 2.63. The molecular weight excluding hydrogens is 437 g/mol. The summed E-state index contributed by atoms with van der Waals surface area (Å²) in [4.78, 5) is 12.7. The Hall–Kier alpha value is -1.82. The van der Waals surface area contributed by atoms with E-state index in [1.165, 1.54) is 0 Å². The smallest absolute Gasteiger partial charge is 0.223 e. The molecule has 0 bridgehead atoms. The van der Waals surface area contributed by atoms with Crippen molar-refractivity contribution in [1.29, 1.82) is 0 Å². The van der Waals surface area contributed by atoms with Gasteiger partial charge in [-0.3, -0.25) is 4.57 Å². The van der Waals surface area contributed by atoms with Gasteiger partial charge >= 0.3 is 0 Å². The Bertz CT molecular complexity index is 873. The Balaban J connectivity index is 1.39. The first-order chi connectivity index (χ1) is 12.2. The van der Waals surface area contributed by atoms with Gasteiger partial charge < -0.3 is 19.9 Å². The number of benzene rings is 1. The van der Waals surface area contributed by atoms with Gasteiger partial charge in [-0.15, -0.1) is 0 Å². The zero-order valence-corrected chi connectivity index (χ0v) is 15.4. The summed E-state index contributed by atoms with van der Waals surface area (Å²) in [6.45, 7) is 1.27. The highest BCUT2D eigenvalue weighted by Crippen LogP contribution is 2.26. The summed E-state index contributed by atoms with van der Waals surface area (Å²) in [6, 6.07) is 9.97. The average molecular weight is 453 g/mol. The number of hydrogen-bond donors (Lipinski definition) is 1. The number of fused-ring (bicyclic) bond motifs is 1. The van der Waals surface area contributed by atoms with Crippen molar-refractivity contribution in [1.82, 2.24) is 19.5 Å². The minimum atomic E-state index is -0.426. The SMILES string of the molecule is Nc1nc(I)c2ncn([C@H]3CO[C@@H](COCc4ccccc4)O3)c2n1. The van der Waals surface area contributed by atoms with Crippen LogP contribution < -0.4 is 5.73 Å². The van der Waals surface area contributed by atoms with E-state index in [0.29, 0.717) is 34.7 Å². The van der Waals surface area contributed by atoms with Crippen LogP contribution in [0.15, 0.2) is 36.7 Å². The number of imidazole rings is 1. The molecule has 4 rings (SSSR count). The van der Waals surface area contributed by atoms with Crippen molar-refractivity contribution >= 4 is 39.7 Å². The van der Waals surface area contributed by atoms with Gasteiger partial charge in [0.2, 0.25) is 5.95 Å². The van der Waals surface area contributed by atoms with Crippen molar-refractivity contribution in [2.24, 2.45) is 0 Å². The number of nitrogens with two attached hydrogens (primary N) is 1. The van der Waals surface area contributed by atoms with Crippen LogP contribution in [0.1, 0.15) is 11.8 Å². The van der Waals surface area contributed by atoms with Crippen LogP contribution in [-0.4, -0.2) is 39.0 Å². The number of hydrogen-bond acceptors (Lipinski definition) is 7. The number of halogens is 1. The lowest BCUT2D eigenvalue weighted by molar-refractivity contribution is -0.117. The first-order valence-electron chi connectivity index (χ1n) is 7.75. The summed E-state index contributed by atoms with van der Waals surface area (Å²) in [7, 11) is 0.